The second-order valence-corrected chi connectivity index (χ2v) is 5.30. The fourth-order valence-electron chi connectivity index (χ4n) is 2.47. The molecule has 5 nitrogen and oxygen atoms in total. The fourth-order valence-corrected chi connectivity index (χ4v) is 2.47. The largest absolute Gasteiger partial charge is 0.367 e. The van der Waals surface area contributed by atoms with E-state index in [-0.39, 0.29) is 30.9 Å². The van der Waals surface area contributed by atoms with Crippen LogP contribution in [0, 0.1) is 0 Å². The van der Waals surface area contributed by atoms with E-state index in [1.807, 2.05) is 37.3 Å². The van der Waals surface area contributed by atoms with Gasteiger partial charge in [0, 0.05) is 6.42 Å². The van der Waals surface area contributed by atoms with E-state index in [2.05, 4.69) is 6.08 Å². The second-order valence-electron chi connectivity index (χ2n) is 5.30. The topological polar surface area (TPSA) is 46.2 Å². The number of ether oxygens (including phenoxy) is 5. The molecule has 5 heteroatoms. The molecule has 3 heterocycles. The lowest BCUT2D eigenvalue weighted by atomic mass is 10.2. The van der Waals surface area contributed by atoms with E-state index in [4.69, 9.17) is 23.7 Å². The van der Waals surface area contributed by atoms with Crippen LogP contribution in [0.15, 0.2) is 36.5 Å². The molecular weight excluding hydrogens is 272 g/mol. The predicted octanol–water partition coefficient (Wildman–Crippen LogP) is 1.95. The molecule has 3 rings (SSSR count). The van der Waals surface area contributed by atoms with E-state index in [0.29, 0.717) is 19.8 Å². The van der Waals surface area contributed by atoms with Gasteiger partial charge < -0.3 is 23.7 Å². The van der Waals surface area contributed by atoms with Crippen LogP contribution in [-0.4, -0.2) is 50.7 Å². The number of rotatable bonds is 5. The summed E-state index contributed by atoms with van der Waals surface area (Å²) in [5, 5.41) is 0. The Morgan fingerprint density at radius 1 is 1.00 bits per heavy atom. The Morgan fingerprint density at radius 2 is 1.90 bits per heavy atom. The zero-order chi connectivity index (χ0) is 14.5. The van der Waals surface area contributed by atoms with Crippen molar-refractivity contribution in [2.24, 2.45) is 0 Å². The van der Waals surface area contributed by atoms with Gasteiger partial charge in [-0.1, -0.05) is 30.4 Å². The maximum absolute atomic E-state index is 5.83. The molecule has 116 valence electrons. The average Bonchev–Trinajstić information content (AvgIpc) is 3.05. The summed E-state index contributed by atoms with van der Waals surface area (Å²) >= 11 is 0. The Balaban J connectivity index is 1.43. The van der Waals surface area contributed by atoms with Gasteiger partial charge in [-0.25, -0.2) is 0 Å². The lowest BCUT2D eigenvalue weighted by Crippen LogP contribution is -2.36. The molecule has 0 saturated carbocycles. The van der Waals surface area contributed by atoms with E-state index >= 15 is 0 Å². The molecule has 0 saturated heterocycles. The SMILES string of the molecule is C[C@H](O[C@H]1C=C[C@H](OC2CC=CCO2)CO1)[C@@H]1C=CCO1. The zero-order valence-electron chi connectivity index (χ0n) is 12.2. The van der Waals surface area contributed by atoms with Gasteiger partial charge >= 0.3 is 0 Å². The van der Waals surface area contributed by atoms with Gasteiger partial charge in [0.25, 0.3) is 0 Å². The Morgan fingerprint density at radius 3 is 2.57 bits per heavy atom. The van der Waals surface area contributed by atoms with Crippen molar-refractivity contribution < 1.29 is 23.7 Å². The molecular formula is C16H22O5. The summed E-state index contributed by atoms with van der Waals surface area (Å²) in [4.78, 5) is 0. The van der Waals surface area contributed by atoms with Gasteiger partial charge in [0.2, 0.25) is 0 Å². The van der Waals surface area contributed by atoms with E-state index < -0.39 is 0 Å². The van der Waals surface area contributed by atoms with Crippen molar-refractivity contribution in [1.29, 1.82) is 0 Å². The predicted molar refractivity (Wildman–Crippen MR) is 76.7 cm³/mol. The summed E-state index contributed by atoms with van der Waals surface area (Å²) in [5.74, 6) is 0. The molecule has 21 heavy (non-hydrogen) atoms. The van der Waals surface area contributed by atoms with Crippen molar-refractivity contribution in [3.63, 3.8) is 0 Å². The molecule has 0 aromatic rings. The van der Waals surface area contributed by atoms with Crippen LogP contribution in [0.1, 0.15) is 13.3 Å². The van der Waals surface area contributed by atoms with E-state index in [1.165, 1.54) is 0 Å². The molecule has 0 aromatic heterocycles. The maximum atomic E-state index is 5.83. The molecule has 1 unspecified atom stereocenters. The third-order valence-electron chi connectivity index (χ3n) is 3.63. The maximum Gasteiger partial charge on any atom is 0.177 e. The highest BCUT2D eigenvalue weighted by Crippen LogP contribution is 2.18. The lowest BCUT2D eigenvalue weighted by Gasteiger charge is -2.30. The van der Waals surface area contributed by atoms with Gasteiger partial charge in [0.15, 0.2) is 12.6 Å². The van der Waals surface area contributed by atoms with Gasteiger partial charge in [-0.05, 0) is 13.0 Å². The molecule has 0 aromatic carbocycles. The molecule has 3 aliphatic heterocycles. The molecule has 0 spiro atoms. The van der Waals surface area contributed by atoms with Crippen LogP contribution >= 0.6 is 0 Å². The average molecular weight is 294 g/mol. The smallest absolute Gasteiger partial charge is 0.177 e. The summed E-state index contributed by atoms with van der Waals surface area (Å²) in [7, 11) is 0. The molecule has 0 N–H and O–H groups in total. The first-order valence-corrected chi connectivity index (χ1v) is 7.47. The fraction of sp³-hybridized carbons (Fsp3) is 0.625. The summed E-state index contributed by atoms with van der Waals surface area (Å²) in [6.07, 6.45) is 12.1. The molecule has 0 fully saturated rings. The standard InChI is InChI=1S/C16H22O5/c1-12(14-5-4-10-17-14)20-16-8-7-13(11-19-16)21-15-6-2-3-9-18-15/h2-5,7-8,12-16H,6,9-11H2,1H3/t12-,13-,14-,15?,16-/m0/s1. The van der Waals surface area contributed by atoms with Crippen molar-refractivity contribution in [2.75, 3.05) is 19.8 Å². The molecule has 3 aliphatic rings. The van der Waals surface area contributed by atoms with E-state index in [0.717, 1.165) is 6.42 Å². The van der Waals surface area contributed by atoms with Crippen molar-refractivity contribution >= 4 is 0 Å². The first-order chi connectivity index (χ1) is 10.3. The summed E-state index contributed by atoms with van der Waals surface area (Å²) in [5.41, 5.74) is 0. The monoisotopic (exact) mass is 294 g/mol. The third kappa shape index (κ3) is 4.25. The Bertz CT molecular complexity index is 417. The highest BCUT2D eigenvalue weighted by molar-refractivity contribution is 5.00. The van der Waals surface area contributed by atoms with Crippen LogP contribution in [0.2, 0.25) is 0 Å². The molecule has 5 atom stereocenters. The minimum atomic E-state index is -0.343. The van der Waals surface area contributed by atoms with Crippen molar-refractivity contribution in [1.82, 2.24) is 0 Å². The van der Waals surface area contributed by atoms with Crippen LogP contribution < -0.4 is 0 Å². The second kappa shape index (κ2) is 7.33. The van der Waals surface area contributed by atoms with Crippen LogP contribution in [0.3, 0.4) is 0 Å². The molecule has 0 aliphatic carbocycles. The summed E-state index contributed by atoms with van der Waals surface area (Å²) in [6.45, 7) is 3.73. The van der Waals surface area contributed by atoms with Crippen LogP contribution in [0.5, 0.6) is 0 Å². The normalized spacial score (nSPS) is 37.0. The van der Waals surface area contributed by atoms with Crippen LogP contribution in [-0.2, 0) is 23.7 Å². The summed E-state index contributed by atoms with van der Waals surface area (Å²) in [6, 6.07) is 0. The van der Waals surface area contributed by atoms with Crippen LogP contribution in [0.25, 0.3) is 0 Å². The van der Waals surface area contributed by atoms with Gasteiger partial charge in [-0.3, -0.25) is 0 Å². The van der Waals surface area contributed by atoms with Gasteiger partial charge in [-0.15, -0.1) is 0 Å². The Labute approximate surface area is 125 Å². The zero-order valence-corrected chi connectivity index (χ0v) is 12.2. The number of hydrogen-bond donors (Lipinski definition) is 0. The highest BCUT2D eigenvalue weighted by atomic mass is 16.7. The third-order valence-corrected chi connectivity index (χ3v) is 3.63. The highest BCUT2D eigenvalue weighted by Gasteiger charge is 2.25. The Kier molecular flexibility index (Phi) is 5.22. The van der Waals surface area contributed by atoms with E-state index in [9.17, 15) is 0 Å². The molecule has 0 bridgehead atoms. The summed E-state index contributed by atoms with van der Waals surface area (Å²) < 4.78 is 28.3. The van der Waals surface area contributed by atoms with Gasteiger partial charge in [0.05, 0.1) is 25.9 Å². The van der Waals surface area contributed by atoms with Crippen molar-refractivity contribution in [3.8, 4) is 0 Å². The first kappa shape index (κ1) is 14.9. The van der Waals surface area contributed by atoms with Crippen LogP contribution in [0.4, 0.5) is 0 Å². The van der Waals surface area contributed by atoms with E-state index in [1.54, 1.807) is 0 Å². The van der Waals surface area contributed by atoms with Crippen molar-refractivity contribution in [2.45, 2.75) is 44.2 Å². The van der Waals surface area contributed by atoms with Crippen molar-refractivity contribution in [3.05, 3.63) is 36.5 Å². The quantitative estimate of drug-likeness (QED) is 0.725. The minimum absolute atomic E-state index is 0.0124. The number of hydrogen-bond acceptors (Lipinski definition) is 5. The first-order valence-electron chi connectivity index (χ1n) is 7.47. The lowest BCUT2D eigenvalue weighted by molar-refractivity contribution is -0.206. The minimum Gasteiger partial charge on any atom is -0.367 e. The Hall–Kier alpha value is -0.980. The van der Waals surface area contributed by atoms with Gasteiger partial charge in [-0.2, -0.15) is 0 Å². The molecule has 0 amide bonds. The molecule has 0 radical (unpaired) electrons. The van der Waals surface area contributed by atoms with Gasteiger partial charge in [0.1, 0.15) is 12.2 Å².